The summed E-state index contributed by atoms with van der Waals surface area (Å²) in [6.07, 6.45) is 0. The molecule has 7 nitrogen and oxygen atoms in total. The van der Waals surface area contributed by atoms with Crippen LogP contribution in [0.2, 0.25) is 0 Å². The first-order valence-corrected chi connectivity index (χ1v) is 5.31. The molecule has 3 N–H and O–H groups in total. The van der Waals surface area contributed by atoms with Crippen LogP contribution < -0.4 is 11.2 Å². The number of nitrogens with two attached hydrogens (primary N) is 1. The number of rotatable bonds is 4. The van der Waals surface area contributed by atoms with Crippen molar-refractivity contribution in [1.29, 1.82) is 0 Å². The Bertz CT molecular complexity index is 628. The largest absolute Gasteiger partial charge is 0.350 e. The zero-order valence-electron chi connectivity index (χ0n) is 9.74. The molecule has 0 saturated heterocycles. The Hall–Kier alpha value is -2.96. The maximum Gasteiger partial charge on any atom is 0.299 e. The normalized spacial score (nSPS) is 9.89. The van der Waals surface area contributed by atoms with E-state index in [9.17, 15) is 15.0 Å². The molecular weight excluding hydrogens is 248 g/mol. The van der Waals surface area contributed by atoms with E-state index < -0.39 is 4.92 Å². The third-order valence-electron chi connectivity index (χ3n) is 2.43. The Balaban J connectivity index is 2.40. The van der Waals surface area contributed by atoms with Gasteiger partial charge < -0.3 is 5.32 Å². The SMILES string of the molecule is N[N+](=O)c1ccc(Nc2cc[c]cc2)c([N+](=O)[O-])c1. The number of nitroso groups, excluding NO2 is 1. The van der Waals surface area contributed by atoms with Crippen LogP contribution in [0.1, 0.15) is 0 Å². The van der Waals surface area contributed by atoms with Crippen molar-refractivity contribution in [1.82, 2.24) is 0 Å². The summed E-state index contributed by atoms with van der Waals surface area (Å²) in [5.41, 5.74) is 0.749. The fourth-order valence-electron chi connectivity index (χ4n) is 1.54. The van der Waals surface area contributed by atoms with E-state index in [1.54, 1.807) is 24.3 Å². The Morgan fingerprint density at radius 1 is 1.16 bits per heavy atom. The summed E-state index contributed by atoms with van der Waals surface area (Å²) in [4.78, 5) is 21.4. The molecule has 19 heavy (non-hydrogen) atoms. The van der Waals surface area contributed by atoms with E-state index in [1.807, 2.05) is 0 Å². The van der Waals surface area contributed by atoms with Crippen LogP contribution in [-0.2, 0) is 0 Å². The molecule has 0 saturated carbocycles. The molecule has 7 heteroatoms. The Morgan fingerprint density at radius 2 is 1.84 bits per heavy atom. The number of nitrogens with one attached hydrogen (secondary N) is 1. The molecule has 0 aliphatic carbocycles. The maximum absolute atomic E-state index is 11.0. The van der Waals surface area contributed by atoms with Gasteiger partial charge in [0, 0.05) is 11.8 Å². The van der Waals surface area contributed by atoms with Gasteiger partial charge in [-0.05, 0) is 24.3 Å². The number of hydrogen-bond donors (Lipinski definition) is 2. The number of hydrogen-bond acceptors (Lipinski definition) is 4. The van der Waals surface area contributed by atoms with Gasteiger partial charge in [-0.15, -0.1) is 0 Å². The summed E-state index contributed by atoms with van der Waals surface area (Å²) in [6.45, 7) is 0. The molecule has 0 amide bonds. The highest BCUT2D eigenvalue weighted by Crippen LogP contribution is 2.30. The average molecular weight is 258 g/mol. The van der Waals surface area contributed by atoms with Crippen LogP contribution in [0.15, 0.2) is 42.5 Å². The van der Waals surface area contributed by atoms with Crippen LogP contribution in [0, 0.1) is 21.1 Å². The minimum absolute atomic E-state index is 0.0126. The van der Waals surface area contributed by atoms with Crippen LogP contribution in [-0.4, -0.2) is 9.79 Å². The number of anilines is 2. The first-order chi connectivity index (χ1) is 9.08. The third kappa shape index (κ3) is 2.83. The minimum atomic E-state index is -0.579. The number of nitrogens with zero attached hydrogens (tertiary/aromatic N) is 2. The lowest BCUT2D eigenvalue weighted by Crippen LogP contribution is -2.09. The Morgan fingerprint density at radius 3 is 2.42 bits per heavy atom. The summed E-state index contributed by atoms with van der Waals surface area (Å²) in [6, 6.07) is 13.6. The standard InChI is InChI=1S/C12H10N4O3/c13-15(17)10-6-7-11(12(8-10)16(18)19)14-9-4-2-1-3-5-9/h2-8,14H,(H2,13,17)/q+1. The van der Waals surface area contributed by atoms with E-state index in [0.717, 1.165) is 6.07 Å². The van der Waals surface area contributed by atoms with E-state index in [1.165, 1.54) is 12.1 Å². The summed E-state index contributed by atoms with van der Waals surface area (Å²) in [5, 5.41) is 13.9. The van der Waals surface area contributed by atoms with Gasteiger partial charge in [-0.3, -0.25) is 10.1 Å². The molecule has 2 aromatic carbocycles. The molecule has 0 bridgehead atoms. The molecular formula is C12H10N4O3+. The lowest BCUT2D eigenvalue weighted by molar-refractivity contribution is -0.475. The van der Waals surface area contributed by atoms with E-state index >= 15 is 0 Å². The predicted molar refractivity (Wildman–Crippen MR) is 69.1 cm³/mol. The third-order valence-corrected chi connectivity index (χ3v) is 2.43. The molecule has 0 aliphatic heterocycles. The van der Waals surface area contributed by atoms with Crippen molar-refractivity contribution >= 4 is 22.7 Å². The second-order valence-electron chi connectivity index (χ2n) is 3.70. The fourth-order valence-corrected chi connectivity index (χ4v) is 1.54. The van der Waals surface area contributed by atoms with Crippen molar-refractivity contribution < 1.29 is 9.79 Å². The summed E-state index contributed by atoms with van der Waals surface area (Å²) < 4.78 is 0. The molecule has 0 aromatic heterocycles. The van der Waals surface area contributed by atoms with Gasteiger partial charge in [0.15, 0.2) is 4.87 Å². The van der Waals surface area contributed by atoms with Gasteiger partial charge in [0.25, 0.3) is 11.4 Å². The van der Waals surface area contributed by atoms with Crippen molar-refractivity contribution in [3.05, 3.63) is 63.6 Å². The van der Waals surface area contributed by atoms with Crippen molar-refractivity contribution in [2.45, 2.75) is 0 Å². The predicted octanol–water partition coefficient (Wildman–Crippen LogP) is 2.42. The topological polar surface area (TPSA) is 101 Å². The summed E-state index contributed by atoms with van der Waals surface area (Å²) in [5.74, 6) is 5.02. The number of hydrazine groups is 1. The van der Waals surface area contributed by atoms with E-state index in [-0.39, 0.29) is 21.9 Å². The zero-order chi connectivity index (χ0) is 13.8. The average Bonchev–Trinajstić information content (AvgIpc) is 2.39. The van der Waals surface area contributed by atoms with Gasteiger partial charge in [-0.25, -0.2) is 0 Å². The lowest BCUT2D eigenvalue weighted by Gasteiger charge is -2.06. The first kappa shape index (κ1) is 12.5. The van der Waals surface area contributed by atoms with Crippen LogP contribution in [0.4, 0.5) is 22.7 Å². The molecule has 0 fully saturated rings. The molecule has 95 valence electrons. The maximum atomic E-state index is 11.0. The Labute approximate surface area is 108 Å². The molecule has 0 aliphatic rings. The molecule has 0 atom stereocenters. The lowest BCUT2D eigenvalue weighted by atomic mass is 10.2. The smallest absolute Gasteiger partial charge is 0.299 e. The van der Waals surface area contributed by atoms with E-state index in [2.05, 4.69) is 11.4 Å². The van der Waals surface area contributed by atoms with Gasteiger partial charge in [0.1, 0.15) is 5.69 Å². The molecule has 0 spiro atoms. The van der Waals surface area contributed by atoms with Gasteiger partial charge in [0.2, 0.25) is 0 Å². The highest BCUT2D eigenvalue weighted by molar-refractivity contribution is 5.71. The number of nitro benzene ring substituents is 1. The highest BCUT2D eigenvalue weighted by atomic mass is 16.6. The van der Waals surface area contributed by atoms with Crippen molar-refractivity contribution in [3.63, 3.8) is 0 Å². The molecule has 1 radical (unpaired) electrons. The fraction of sp³-hybridized carbons (Fsp3) is 0. The van der Waals surface area contributed by atoms with E-state index in [4.69, 9.17) is 5.84 Å². The molecule has 2 aromatic rings. The van der Waals surface area contributed by atoms with Gasteiger partial charge in [0.05, 0.1) is 15.9 Å². The quantitative estimate of drug-likeness (QED) is 0.379. The number of benzene rings is 2. The second kappa shape index (κ2) is 5.13. The van der Waals surface area contributed by atoms with Crippen LogP contribution in [0.25, 0.3) is 0 Å². The second-order valence-corrected chi connectivity index (χ2v) is 3.70. The summed E-state index contributed by atoms with van der Waals surface area (Å²) >= 11 is 0. The minimum Gasteiger partial charge on any atom is -0.350 e. The first-order valence-electron chi connectivity index (χ1n) is 5.31. The van der Waals surface area contributed by atoms with Crippen LogP contribution >= 0.6 is 0 Å². The van der Waals surface area contributed by atoms with E-state index in [0.29, 0.717) is 5.69 Å². The van der Waals surface area contributed by atoms with Crippen molar-refractivity contribution in [2.75, 3.05) is 5.32 Å². The molecule has 2 rings (SSSR count). The monoisotopic (exact) mass is 258 g/mol. The van der Waals surface area contributed by atoms with Gasteiger partial charge >= 0.3 is 0 Å². The molecule has 0 unspecified atom stereocenters. The molecule has 0 heterocycles. The van der Waals surface area contributed by atoms with Crippen molar-refractivity contribution in [3.8, 4) is 0 Å². The summed E-state index contributed by atoms with van der Waals surface area (Å²) in [7, 11) is 0. The van der Waals surface area contributed by atoms with Gasteiger partial charge in [-0.2, -0.15) is 5.84 Å². The van der Waals surface area contributed by atoms with Gasteiger partial charge in [-0.1, -0.05) is 12.1 Å². The highest BCUT2D eigenvalue weighted by Gasteiger charge is 2.20. The van der Waals surface area contributed by atoms with Crippen LogP contribution in [0.3, 0.4) is 0 Å². The zero-order valence-corrected chi connectivity index (χ0v) is 9.74. The Kier molecular flexibility index (Phi) is 3.37. The number of nitro groups is 1. The van der Waals surface area contributed by atoms with Crippen LogP contribution in [0.5, 0.6) is 0 Å². The van der Waals surface area contributed by atoms with Crippen molar-refractivity contribution in [2.24, 2.45) is 5.84 Å².